The molecule has 0 bridgehead atoms. The predicted molar refractivity (Wildman–Crippen MR) is 84.8 cm³/mol. The molecule has 2 aromatic rings. The highest BCUT2D eigenvalue weighted by Gasteiger charge is 2.18. The molecule has 7 heteroatoms. The molecule has 0 saturated carbocycles. The maximum absolute atomic E-state index is 6.06. The second-order valence-corrected chi connectivity index (χ2v) is 5.47. The molecule has 0 N–H and O–H groups in total. The van der Waals surface area contributed by atoms with E-state index < -0.39 is 0 Å². The Labute approximate surface area is 130 Å². The summed E-state index contributed by atoms with van der Waals surface area (Å²) in [7, 11) is 5.78. The van der Waals surface area contributed by atoms with Gasteiger partial charge in [0.2, 0.25) is 0 Å². The standard InChI is InChI=1S/C14H24ClN5O/c1-5-11-13-14(19(3)17-11)20(12(10-15)16-13)7-6-18(2)8-9-21-4/h5-10H2,1-4H3. The van der Waals surface area contributed by atoms with Crippen molar-refractivity contribution in [2.45, 2.75) is 25.8 Å². The first-order valence-corrected chi connectivity index (χ1v) is 7.80. The van der Waals surface area contributed by atoms with Gasteiger partial charge in [-0.05, 0) is 13.5 Å². The Morgan fingerprint density at radius 3 is 2.71 bits per heavy atom. The average molecular weight is 314 g/mol. The minimum absolute atomic E-state index is 0.416. The first-order chi connectivity index (χ1) is 10.1. The van der Waals surface area contributed by atoms with Crippen molar-refractivity contribution in [2.24, 2.45) is 7.05 Å². The molecule has 0 aliphatic rings. The molecule has 118 valence electrons. The van der Waals surface area contributed by atoms with E-state index in [2.05, 4.69) is 33.5 Å². The third-order valence-electron chi connectivity index (χ3n) is 3.71. The molecule has 21 heavy (non-hydrogen) atoms. The van der Waals surface area contributed by atoms with Gasteiger partial charge in [0.05, 0.1) is 18.2 Å². The number of hydrogen-bond acceptors (Lipinski definition) is 4. The maximum atomic E-state index is 6.06. The zero-order chi connectivity index (χ0) is 15.4. The van der Waals surface area contributed by atoms with E-state index in [-0.39, 0.29) is 0 Å². The third-order valence-corrected chi connectivity index (χ3v) is 3.95. The summed E-state index contributed by atoms with van der Waals surface area (Å²) in [5, 5.41) is 4.54. The molecule has 0 atom stereocenters. The number of halogens is 1. The van der Waals surface area contributed by atoms with E-state index >= 15 is 0 Å². The smallest absolute Gasteiger partial charge is 0.158 e. The lowest BCUT2D eigenvalue weighted by atomic mass is 10.3. The molecule has 0 saturated heterocycles. The number of fused-ring (bicyclic) bond motifs is 1. The number of likely N-dealkylation sites (N-methyl/N-ethyl adjacent to an activating group) is 1. The number of hydrogen-bond donors (Lipinski definition) is 0. The van der Waals surface area contributed by atoms with E-state index in [9.17, 15) is 0 Å². The number of aromatic nitrogens is 4. The second kappa shape index (κ2) is 7.24. The van der Waals surface area contributed by atoms with Crippen LogP contribution < -0.4 is 0 Å². The Kier molecular flexibility index (Phi) is 5.61. The van der Waals surface area contributed by atoms with Gasteiger partial charge < -0.3 is 14.2 Å². The van der Waals surface area contributed by atoms with Crippen molar-refractivity contribution < 1.29 is 4.74 Å². The molecule has 2 heterocycles. The number of aryl methyl sites for hydroxylation is 2. The lowest BCUT2D eigenvalue weighted by Gasteiger charge is -2.17. The van der Waals surface area contributed by atoms with Crippen LogP contribution >= 0.6 is 11.6 Å². The van der Waals surface area contributed by atoms with Crippen molar-refractivity contribution in [3.8, 4) is 0 Å². The molecule has 0 radical (unpaired) electrons. The van der Waals surface area contributed by atoms with Crippen LogP contribution in [0.15, 0.2) is 0 Å². The molecule has 2 aromatic heterocycles. The van der Waals surface area contributed by atoms with Gasteiger partial charge in [-0.25, -0.2) is 4.98 Å². The number of nitrogens with zero attached hydrogens (tertiary/aromatic N) is 5. The highest BCUT2D eigenvalue weighted by Crippen LogP contribution is 2.21. The molecule has 0 aromatic carbocycles. The van der Waals surface area contributed by atoms with Gasteiger partial charge in [0, 0.05) is 33.8 Å². The van der Waals surface area contributed by atoms with Crippen molar-refractivity contribution in [2.75, 3.05) is 33.9 Å². The van der Waals surface area contributed by atoms with Gasteiger partial charge in [-0.1, -0.05) is 6.92 Å². The largest absolute Gasteiger partial charge is 0.383 e. The molecule has 2 rings (SSSR count). The van der Waals surface area contributed by atoms with Gasteiger partial charge in [0.15, 0.2) is 5.65 Å². The van der Waals surface area contributed by atoms with Gasteiger partial charge in [-0.15, -0.1) is 11.6 Å². The van der Waals surface area contributed by atoms with Gasteiger partial charge in [0.1, 0.15) is 11.3 Å². The average Bonchev–Trinajstić information content (AvgIpc) is 3.00. The molecule has 0 spiro atoms. The van der Waals surface area contributed by atoms with Crippen molar-refractivity contribution in [3.05, 3.63) is 11.5 Å². The number of ether oxygens (including phenoxy) is 1. The van der Waals surface area contributed by atoms with Crippen molar-refractivity contribution in [1.82, 2.24) is 24.2 Å². The Hall–Kier alpha value is -1.11. The molecule has 6 nitrogen and oxygen atoms in total. The van der Waals surface area contributed by atoms with E-state index in [4.69, 9.17) is 16.3 Å². The van der Waals surface area contributed by atoms with E-state index in [1.165, 1.54) is 0 Å². The van der Waals surface area contributed by atoms with Crippen LogP contribution in [0.1, 0.15) is 18.4 Å². The summed E-state index contributed by atoms with van der Waals surface area (Å²) in [6, 6.07) is 0. The van der Waals surface area contributed by atoms with Crippen LogP contribution in [0.5, 0.6) is 0 Å². The minimum Gasteiger partial charge on any atom is -0.383 e. The fourth-order valence-electron chi connectivity index (χ4n) is 2.49. The highest BCUT2D eigenvalue weighted by molar-refractivity contribution is 6.16. The lowest BCUT2D eigenvalue weighted by Crippen LogP contribution is -2.27. The lowest BCUT2D eigenvalue weighted by molar-refractivity contribution is 0.159. The predicted octanol–water partition coefficient (Wildman–Crippen LogP) is 1.65. The number of alkyl halides is 1. The summed E-state index contributed by atoms with van der Waals surface area (Å²) in [6.45, 7) is 5.52. The first kappa shape index (κ1) is 16.3. The monoisotopic (exact) mass is 313 g/mol. The van der Waals surface area contributed by atoms with Crippen LogP contribution in [0.2, 0.25) is 0 Å². The summed E-state index contributed by atoms with van der Waals surface area (Å²) in [6.07, 6.45) is 0.879. The SMILES string of the molecule is CCc1nn(C)c2c1nc(CCl)n2CCN(C)CCOC. The number of imidazole rings is 1. The number of rotatable bonds is 8. The molecular weight excluding hydrogens is 290 g/mol. The Morgan fingerprint density at radius 2 is 2.10 bits per heavy atom. The minimum atomic E-state index is 0.416. The normalized spacial score (nSPS) is 11.9. The van der Waals surface area contributed by atoms with Crippen molar-refractivity contribution in [1.29, 1.82) is 0 Å². The Balaban J connectivity index is 2.23. The van der Waals surface area contributed by atoms with E-state index in [0.717, 1.165) is 55.3 Å². The fourth-order valence-corrected chi connectivity index (χ4v) is 2.70. The van der Waals surface area contributed by atoms with Gasteiger partial charge in [-0.3, -0.25) is 4.68 Å². The van der Waals surface area contributed by atoms with Crippen LogP contribution in [0.25, 0.3) is 11.2 Å². The molecule has 0 aliphatic carbocycles. The third kappa shape index (κ3) is 3.39. The first-order valence-electron chi connectivity index (χ1n) is 7.26. The zero-order valence-electron chi connectivity index (χ0n) is 13.3. The van der Waals surface area contributed by atoms with E-state index in [0.29, 0.717) is 5.88 Å². The van der Waals surface area contributed by atoms with Gasteiger partial charge >= 0.3 is 0 Å². The Morgan fingerprint density at radius 1 is 1.33 bits per heavy atom. The molecule has 0 fully saturated rings. The van der Waals surface area contributed by atoms with Crippen LogP contribution in [-0.4, -0.2) is 58.1 Å². The van der Waals surface area contributed by atoms with Gasteiger partial charge in [-0.2, -0.15) is 5.10 Å². The van der Waals surface area contributed by atoms with Crippen molar-refractivity contribution in [3.63, 3.8) is 0 Å². The number of methoxy groups -OCH3 is 1. The van der Waals surface area contributed by atoms with Crippen LogP contribution in [0.4, 0.5) is 0 Å². The second-order valence-electron chi connectivity index (χ2n) is 5.21. The summed E-state index contributed by atoms with van der Waals surface area (Å²) >= 11 is 6.06. The van der Waals surface area contributed by atoms with Crippen molar-refractivity contribution >= 4 is 22.8 Å². The fraction of sp³-hybridized carbons (Fsp3) is 0.714. The van der Waals surface area contributed by atoms with Crippen LogP contribution in [0.3, 0.4) is 0 Å². The maximum Gasteiger partial charge on any atom is 0.158 e. The molecule has 0 unspecified atom stereocenters. The van der Waals surface area contributed by atoms with Crippen LogP contribution in [-0.2, 0) is 30.6 Å². The molecular formula is C14H24ClN5O. The zero-order valence-corrected chi connectivity index (χ0v) is 14.0. The molecule has 0 aliphatic heterocycles. The van der Waals surface area contributed by atoms with Crippen LogP contribution in [0, 0.1) is 0 Å². The summed E-state index contributed by atoms with van der Waals surface area (Å²) in [5.74, 6) is 1.33. The Bertz CT molecular complexity index is 592. The summed E-state index contributed by atoms with van der Waals surface area (Å²) in [4.78, 5) is 6.91. The summed E-state index contributed by atoms with van der Waals surface area (Å²) in [5.41, 5.74) is 3.07. The summed E-state index contributed by atoms with van der Waals surface area (Å²) < 4.78 is 9.19. The van der Waals surface area contributed by atoms with E-state index in [1.807, 2.05) is 11.7 Å². The highest BCUT2D eigenvalue weighted by atomic mass is 35.5. The molecule has 0 amide bonds. The van der Waals surface area contributed by atoms with E-state index in [1.54, 1.807) is 7.11 Å². The quantitative estimate of drug-likeness (QED) is 0.695. The topological polar surface area (TPSA) is 48.1 Å². The van der Waals surface area contributed by atoms with Gasteiger partial charge in [0.25, 0.3) is 0 Å².